The van der Waals surface area contributed by atoms with Gasteiger partial charge in [-0.2, -0.15) is 0 Å². The number of hydrogen-bond donors (Lipinski definition) is 1. The third-order valence-electron chi connectivity index (χ3n) is 3.58. The van der Waals surface area contributed by atoms with E-state index in [2.05, 4.69) is 14.9 Å². The summed E-state index contributed by atoms with van der Waals surface area (Å²) in [6.45, 7) is 1.94. The molecule has 8 heteroatoms. The van der Waals surface area contributed by atoms with Gasteiger partial charge in [-0.05, 0) is 12.1 Å². The normalized spacial score (nSPS) is 15.7. The van der Waals surface area contributed by atoms with Gasteiger partial charge in [0.2, 0.25) is 15.0 Å². The number of sulfone groups is 1. The fourth-order valence-electron chi connectivity index (χ4n) is 2.48. The summed E-state index contributed by atoms with van der Waals surface area (Å²) >= 11 is 0. The zero-order valence-corrected chi connectivity index (χ0v) is 13.0. The van der Waals surface area contributed by atoms with Crippen molar-refractivity contribution >= 4 is 9.84 Å². The fraction of sp³-hybridized carbons (Fsp3) is 0.429. The number of aliphatic hydroxyl groups is 1. The molecule has 0 radical (unpaired) electrons. The average Bonchev–Trinajstić information content (AvgIpc) is 2.93. The van der Waals surface area contributed by atoms with Crippen LogP contribution in [0.1, 0.15) is 22.8 Å². The van der Waals surface area contributed by atoms with E-state index in [4.69, 9.17) is 9.52 Å². The van der Waals surface area contributed by atoms with Crippen LogP contribution in [0.4, 0.5) is 0 Å². The predicted molar refractivity (Wildman–Crippen MR) is 77.6 cm³/mol. The van der Waals surface area contributed by atoms with E-state index in [0.29, 0.717) is 25.3 Å². The molecule has 22 heavy (non-hydrogen) atoms. The largest absolute Gasteiger partial charge is 0.462 e. The Morgan fingerprint density at radius 1 is 1.36 bits per heavy atom. The summed E-state index contributed by atoms with van der Waals surface area (Å²) in [7, 11) is -3.37. The van der Waals surface area contributed by atoms with Crippen LogP contribution in [0.5, 0.6) is 0 Å². The molecule has 0 atom stereocenters. The standard InChI is InChI=1S/C14H17N3O4S/c1-22(19,20)14-15-6-10-7-17(5-4-13(10)16-14)8-11-2-3-12(9-18)21-11/h2-3,6,18H,4-5,7-9H2,1H3. The van der Waals surface area contributed by atoms with Crippen molar-refractivity contribution in [3.63, 3.8) is 0 Å². The van der Waals surface area contributed by atoms with Gasteiger partial charge >= 0.3 is 0 Å². The van der Waals surface area contributed by atoms with Gasteiger partial charge in [0.1, 0.15) is 18.1 Å². The summed E-state index contributed by atoms with van der Waals surface area (Å²) in [4.78, 5) is 10.3. The molecule has 0 amide bonds. The lowest BCUT2D eigenvalue weighted by Crippen LogP contribution is -2.31. The topological polar surface area (TPSA) is 96.5 Å². The van der Waals surface area contributed by atoms with E-state index in [0.717, 1.165) is 29.8 Å². The number of furan rings is 1. The second-order valence-corrected chi connectivity index (χ2v) is 7.29. The maximum absolute atomic E-state index is 11.5. The second kappa shape index (κ2) is 5.79. The van der Waals surface area contributed by atoms with E-state index in [1.165, 1.54) is 0 Å². The summed E-state index contributed by atoms with van der Waals surface area (Å²) in [6, 6.07) is 3.61. The molecule has 0 fully saturated rings. The van der Waals surface area contributed by atoms with Crippen molar-refractivity contribution in [3.8, 4) is 0 Å². The molecule has 118 valence electrons. The van der Waals surface area contributed by atoms with Gasteiger partial charge in [-0.25, -0.2) is 18.4 Å². The van der Waals surface area contributed by atoms with Gasteiger partial charge in [0.15, 0.2) is 0 Å². The summed E-state index contributed by atoms with van der Waals surface area (Å²) in [5.41, 5.74) is 1.73. The quantitative estimate of drug-likeness (QED) is 0.819. The molecule has 0 saturated carbocycles. The van der Waals surface area contributed by atoms with Crippen molar-refractivity contribution in [3.05, 3.63) is 41.1 Å². The molecule has 0 saturated heterocycles. The lowest BCUT2D eigenvalue weighted by Gasteiger charge is -2.27. The van der Waals surface area contributed by atoms with Gasteiger partial charge in [-0.1, -0.05) is 0 Å². The molecule has 7 nitrogen and oxygen atoms in total. The van der Waals surface area contributed by atoms with Crippen LogP contribution >= 0.6 is 0 Å². The van der Waals surface area contributed by atoms with E-state index >= 15 is 0 Å². The molecule has 0 bridgehead atoms. The van der Waals surface area contributed by atoms with Gasteiger partial charge in [0.05, 0.1) is 12.2 Å². The third-order valence-corrected chi connectivity index (χ3v) is 4.44. The van der Waals surface area contributed by atoms with Crippen LogP contribution in [0.25, 0.3) is 0 Å². The third kappa shape index (κ3) is 3.18. The first kappa shape index (κ1) is 15.1. The first-order valence-corrected chi connectivity index (χ1v) is 8.80. The van der Waals surface area contributed by atoms with E-state index in [9.17, 15) is 8.42 Å². The van der Waals surface area contributed by atoms with Crippen molar-refractivity contribution < 1.29 is 17.9 Å². The molecule has 0 spiro atoms. The zero-order chi connectivity index (χ0) is 15.7. The Hall–Kier alpha value is -1.77. The highest BCUT2D eigenvalue weighted by Crippen LogP contribution is 2.20. The van der Waals surface area contributed by atoms with Gasteiger partial charge < -0.3 is 9.52 Å². The van der Waals surface area contributed by atoms with Crippen molar-refractivity contribution in [1.29, 1.82) is 0 Å². The van der Waals surface area contributed by atoms with E-state index in [-0.39, 0.29) is 11.8 Å². The minimum atomic E-state index is -3.37. The average molecular weight is 323 g/mol. The fourth-order valence-corrected chi connectivity index (χ4v) is 3.00. The van der Waals surface area contributed by atoms with E-state index in [1.807, 2.05) is 6.07 Å². The molecule has 3 heterocycles. The van der Waals surface area contributed by atoms with Gasteiger partial charge in [-0.3, -0.25) is 4.90 Å². The van der Waals surface area contributed by atoms with Crippen molar-refractivity contribution in [2.24, 2.45) is 0 Å². The Balaban J connectivity index is 1.74. The first-order chi connectivity index (χ1) is 10.5. The van der Waals surface area contributed by atoms with Gasteiger partial charge in [0.25, 0.3) is 0 Å². The molecule has 0 aromatic carbocycles. The second-order valence-electron chi connectivity index (χ2n) is 5.38. The molecule has 1 N–H and O–H groups in total. The molecular formula is C14H17N3O4S. The summed E-state index contributed by atoms with van der Waals surface area (Å²) in [5.74, 6) is 1.34. The minimum absolute atomic E-state index is 0.106. The van der Waals surface area contributed by atoms with Crippen molar-refractivity contribution in [2.75, 3.05) is 12.8 Å². The molecule has 0 unspecified atom stereocenters. The molecule has 2 aromatic heterocycles. The van der Waals surface area contributed by atoms with Crippen LogP contribution in [-0.4, -0.2) is 41.2 Å². The molecule has 0 aliphatic carbocycles. The van der Waals surface area contributed by atoms with Crippen LogP contribution in [-0.2, 0) is 36.0 Å². The van der Waals surface area contributed by atoms with Gasteiger partial charge in [-0.15, -0.1) is 0 Å². The highest BCUT2D eigenvalue weighted by atomic mass is 32.2. The van der Waals surface area contributed by atoms with Crippen molar-refractivity contribution in [2.45, 2.75) is 31.3 Å². The summed E-state index contributed by atoms with van der Waals surface area (Å²) in [5, 5.41) is 8.89. The number of nitrogens with zero attached hydrogens (tertiary/aromatic N) is 3. The zero-order valence-electron chi connectivity index (χ0n) is 12.2. The molecule has 2 aromatic rings. The Morgan fingerprint density at radius 3 is 2.82 bits per heavy atom. The lowest BCUT2D eigenvalue weighted by molar-refractivity contribution is 0.207. The number of hydrogen-bond acceptors (Lipinski definition) is 7. The first-order valence-electron chi connectivity index (χ1n) is 6.91. The lowest BCUT2D eigenvalue weighted by atomic mass is 10.1. The number of aromatic nitrogens is 2. The van der Waals surface area contributed by atoms with Gasteiger partial charge in [0, 0.05) is 37.5 Å². The molecular weight excluding hydrogens is 306 g/mol. The van der Waals surface area contributed by atoms with E-state index in [1.54, 1.807) is 12.3 Å². The maximum atomic E-state index is 11.5. The van der Waals surface area contributed by atoms with Crippen molar-refractivity contribution in [1.82, 2.24) is 14.9 Å². The Bertz CT molecular complexity index is 785. The Labute approximate surface area is 128 Å². The summed E-state index contributed by atoms with van der Waals surface area (Å²) < 4.78 is 28.5. The van der Waals surface area contributed by atoms with Crippen LogP contribution in [0.15, 0.2) is 27.9 Å². The monoisotopic (exact) mass is 323 g/mol. The predicted octanol–water partition coefficient (Wildman–Crippen LogP) is 0.524. The number of fused-ring (bicyclic) bond motifs is 1. The van der Waals surface area contributed by atoms with E-state index < -0.39 is 9.84 Å². The maximum Gasteiger partial charge on any atom is 0.246 e. The number of rotatable bonds is 4. The molecule has 3 rings (SSSR count). The Morgan fingerprint density at radius 2 is 2.14 bits per heavy atom. The van der Waals surface area contributed by atoms with Crippen LogP contribution in [0, 0.1) is 0 Å². The van der Waals surface area contributed by atoms with Crippen LogP contribution in [0.2, 0.25) is 0 Å². The highest BCUT2D eigenvalue weighted by Gasteiger charge is 2.21. The van der Waals surface area contributed by atoms with Crippen LogP contribution < -0.4 is 0 Å². The van der Waals surface area contributed by atoms with Crippen LogP contribution in [0.3, 0.4) is 0 Å². The SMILES string of the molecule is CS(=O)(=O)c1ncc2c(n1)CCN(Cc1ccc(CO)o1)C2. The highest BCUT2D eigenvalue weighted by molar-refractivity contribution is 7.90. The summed E-state index contributed by atoms with van der Waals surface area (Å²) in [6.07, 6.45) is 3.37. The Kier molecular flexibility index (Phi) is 3.98. The molecule has 1 aliphatic heterocycles. The smallest absolute Gasteiger partial charge is 0.246 e. The minimum Gasteiger partial charge on any atom is -0.462 e. The number of aliphatic hydroxyl groups excluding tert-OH is 1. The molecule has 1 aliphatic rings.